The van der Waals surface area contributed by atoms with Crippen molar-refractivity contribution in [3.63, 3.8) is 0 Å². The molecule has 16 heavy (non-hydrogen) atoms. The Labute approximate surface area is 89.8 Å². The van der Waals surface area contributed by atoms with Crippen molar-refractivity contribution in [1.82, 2.24) is 9.97 Å². The number of hydrogen-bond acceptors (Lipinski definition) is 5. The van der Waals surface area contributed by atoms with Crippen LogP contribution in [-0.4, -0.2) is 30.2 Å². The fraction of sp³-hybridized carbons (Fsp3) is 0.500. The van der Waals surface area contributed by atoms with Crippen molar-refractivity contribution in [2.45, 2.75) is 6.18 Å². The Morgan fingerprint density at radius 1 is 1.44 bits per heavy atom. The minimum Gasteiger partial charge on any atom is -0.383 e. The van der Waals surface area contributed by atoms with Crippen LogP contribution >= 0.6 is 0 Å². The number of nitrogens with zero attached hydrogens (tertiary/aromatic N) is 2. The summed E-state index contributed by atoms with van der Waals surface area (Å²) < 4.78 is 41.7. The van der Waals surface area contributed by atoms with Crippen LogP contribution in [0.3, 0.4) is 0 Å². The lowest BCUT2D eigenvalue weighted by molar-refractivity contribution is -0.141. The van der Waals surface area contributed by atoms with Gasteiger partial charge in [-0.1, -0.05) is 0 Å². The Hall–Kier alpha value is -1.57. The van der Waals surface area contributed by atoms with Gasteiger partial charge in [-0.05, 0) is 0 Å². The number of rotatable bonds is 4. The molecule has 3 N–H and O–H groups in total. The van der Waals surface area contributed by atoms with Crippen molar-refractivity contribution in [3.8, 4) is 0 Å². The molecular weight excluding hydrogens is 225 g/mol. The van der Waals surface area contributed by atoms with Crippen molar-refractivity contribution >= 4 is 11.8 Å². The number of nitrogen functional groups attached to an aromatic ring is 1. The number of hydrogen-bond donors (Lipinski definition) is 2. The van der Waals surface area contributed by atoms with E-state index in [1.807, 2.05) is 0 Å². The first kappa shape index (κ1) is 12.5. The molecule has 0 aliphatic heterocycles. The molecule has 5 nitrogen and oxygen atoms in total. The van der Waals surface area contributed by atoms with E-state index in [9.17, 15) is 13.2 Å². The Balaban J connectivity index is 2.82. The van der Waals surface area contributed by atoms with Gasteiger partial charge in [0.1, 0.15) is 5.82 Å². The van der Waals surface area contributed by atoms with Crippen LogP contribution in [-0.2, 0) is 10.9 Å². The predicted molar refractivity (Wildman–Crippen MR) is 51.8 cm³/mol. The fourth-order valence-electron chi connectivity index (χ4n) is 0.983. The summed E-state index contributed by atoms with van der Waals surface area (Å²) in [6, 6.07) is 0.798. The van der Waals surface area contributed by atoms with Crippen LogP contribution in [0.4, 0.5) is 24.9 Å². The van der Waals surface area contributed by atoms with Crippen molar-refractivity contribution in [3.05, 3.63) is 11.8 Å². The number of methoxy groups -OCH3 is 1. The Morgan fingerprint density at radius 3 is 2.69 bits per heavy atom. The van der Waals surface area contributed by atoms with Gasteiger partial charge in [0.2, 0.25) is 5.95 Å². The maximum atomic E-state index is 12.3. The molecule has 0 aromatic carbocycles. The van der Waals surface area contributed by atoms with Crippen LogP contribution in [0, 0.1) is 0 Å². The summed E-state index contributed by atoms with van der Waals surface area (Å²) in [7, 11) is 1.48. The minimum absolute atomic E-state index is 0.0249. The topological polar surface area (TPSA) is 73.1 Å². The summed E-state index contributed by atoms with van der Waals surface area (Å²) in [6.45, 7) is 0.690. The number of halogens is 3. The van der Waals surface area contributed by atoms with Crippen molar-refractivity contribution in [1.29, 1.82) is 0 Å². The molecule has 0 saturated carbocycles. The highest BCUT2D eigenvalue weighted by Crippen LogP contribution is 2.29. The maximum absolute atomic E-state index is 12.3. The van der Waals surface area contributed by atoms with Crippen LogP contribution in [0.5, 0.6) is 0 Å². The molecular formula is C8H11F3N4O. The predicted octanol–water partition coefficient (Wildman–Crippen LogP) is 1.14. The molecule has 0 atom stereocenters. The molecule has 0 spiro atoms. The van der Waals surface area contributed by atoms with E-state index in [1.54, 1.807) is 0 Å². The highest BCUT2D eigenvalue weighted by Gasteiger charge is 2.33. The first-order valence-electron chi connectivity index (χ1n) is 4.38. The molecule has 1 aromatic heterocycles. The molecule has 1 rings (SSSR count). The standard InChI is InChI=1S/C8H11F3N4O/c1-16-3-2-13-6-4-5(8(9,10)11)14-7(12)15-6/h4H,2-3H2,1H3,(H3,12,13,14,15). The number of ether oxygens (including phenoxy) is 1. The van der Waals surface area contributed by atoms with E-state index in [-0.39, 0.29) is 5.82 Å². The molecule has 0 unspecified atom stereocenters. The van der Waals surface area contributed by atoms with Gasteiger partial charge in [-0.3, -0.25) is 0 Å². The van der Waals surface area contributed by atoms with E-state index in [0.717, 1.165) is 6.07 Å². The number of alkyl halides is 3. The number of anilines is 2. The highest BCUT2D eigenvalue weighted by molar-refractivity contribution is 5.41. The van der Waals surface area contributed by atoms with Gasteiger partial charge in [-0.15, -0.1) is 0 Å². The van der Waals surface area contributed by atoms with E-state index in [1.165, 1.54) is 7.11 Å². The van der Waals surface area contributed by atoms with Crippen molar-refractivity contribution in [2.75, 3.05) is 31.3 Å². The molecule has 0 bridgehead atoms. The molecule has 90 valence electrons. The van der Waals surface area contributed by atoms with Gasteiger partial charge in [0.25, 0.3) is 0 Å². The first-order chi connectivity index (χ1) is 7.43. The quantitative estimate of drug-likeness (QED) is 0.767. The average molecular weight is 236 g/mol. The van der Waals surface area contributed by atoms with Gasteiger partial charge in [-0.25, -0.2) is 4.98 Å². The summed E-state index contributed by atoms with van der Waals surface area (Å²) >= 11 is 0. The third kappa shape index (κ3) is 3.54. The molecule has 0 fully saturated rings. The SMILES string of the molecule is COCCNc1cc(C(F)(F)F)nc(N)n1. The lowest BCUT2D eigenvalue weighted by Crippen LogP contribution is -2.14. The van der Waals surface area contributed by atoms with E-state index in [2.05, 4.69) is 15.3 Å². The summed E-state index contributed by atoms with van der Waals surface area (Å²) in [4.78, 5) is 6.72. The van der Waals surface area contributed by atoms with Gasteiger partial charge in [-0.2, -0.15) is 18.2 Å². The lowest BCUT2D eigenvalue weighted by atomic mass is 10.4. The molecule has 8 heteroatoms. The second kappa shape index (κ2) is 4.97. The average Bonchev–Trinajstić information content (AvgIpc) is 2.16. The van der Waals surface area contributed by atoms with Gasteiger partial charge < -0.3 is 15.8 Å². The van der Waals surface area contributed by atoms with Crippen LogP contribution < -0.4 is 11.1 Å². The third-order valence-electron chi connectivity index (χ3n) is 1.65. The Bertz CT molecular complexity index is 356. The summed E-state index contributed by atoms with van der Waals surface area (Å²) in [5.41, 5.74) is 4.10. The molecule has 1 heterocycles. The van der Waals surface area contributed by atoms with E-state index < -0.39 is 17.8 Å². The molecule has 0 amide bonds. The zero-order chi connectivity index (χ0) is 12.2. The van der Waals surface area contributed by atoms with Gasteiger partial charge in [0.15, 0.2) is 5.69 Å². The molecule has 0 aliphatic carbocycles. The Kier molecular flexibility index (Phi) is 3.88. The van der Waals surface area contributed by atoms with Crippen LogP contribution in [0.25, 0.3) is 0 Å². The van der Waals surface area contributed by atoms with Gasteiger partial charge in [0, 0.05) is 19.7 Å². The van der Waals surface area contributed by atoms with E-state index in [4.69, 9.17) is 10.5 Å². The maximum Gasteiger partial charge on any atom is 0.433 e. The zero-order valence-corrected chi connectivity index (χ0v) is 8.51. The van der Waals surface area contributed by atoms with Crippen LogP contribution in [0.1, 0.15) is 5.69 Å². The van der Waals surface area contributed by atoms with Crippen LogP contribution in [0.15, 0.2) is 6.07 Å². The summed E-state index contributed by atoms with van der Waals surface area (Å²) in [5.74, 6) is -0.397. The monoisotopic (exact) mass is 236 g/mol. The van der Waals surface area contributed by atoms with Crippen LogP contribution in [0.2, 0.25) is 0 Å². The number of aromatic nitrogens is 2. The molecule has 0 saturated heterocycles. The number of nitrogens with two attached hydrogens (primary N) is 1. The fourth-order valence-corrected chi connectivity index (χ4v) is 0.983. The zero-order valence-electron chi connectivity index (χ0n) is 8.51. The largest absolute Gasteiger partial charge is 0.433 e. The van der Waals surface area contributed by atoms with E-state index >= 15 is 0 Å². The van der Waals surface area contributed by atoms with Gasteiger partial charge in [0.05, 0.1) is 6.61 Å². The smallest absolute Gasteiger partial charge is 0.383 e. The number of nitrogens with one attached hydrogen (secondary N) is 1. The molecule has 1 aromatic rings. The van der Waals surface area contributed by atoms with E-state index in [0.29, 0.717) is 13.2 Å². The molecule has 0 aliphatic rings. The highest BCUT2D eigenvalue weighted by atomic mass is 19.4. The van der Waals surface area contributed by atoms with Gasteiger partial charge >= 0.3 is 6.18 Å². The second-order valence-electron chi connectivity index (χ2n) is 2.91. The van der Waals surface area contributed by atoms with Crippen molar-refractivity contribution in [2.24, 2.45) is 0 Å². The minimum atomic E-state index is -4.53. The lowest BCUT2D eigenvalue weighted by Gasteiger charge is -2.09. The second-order valence-corrected chi connectivity index (χ2v) is 2.91. The Morgan fingerprint density at radius 2 is 2.12 bits per heavy atom. The first-order valence-corrected chi connectivity index (χ1v) is 4.38. The third-order valence-corrected chi connectivity index (χ3v) is 1.65. The van der Waals surface area contributed by atoms with Crippen molar-refractivity contribution < 1.29 is 17.9 Å². The summed E-state index contributed by atoms with van der Waals surface area (Å²) in [6.07, 6.45) is -4.53. The summed E-state index contributed by atoms with van der Waals surface area (Å²) in [5, 5.41) is 2.64. The molecule has 0 radical (unpaired) electrons. The normalized spacial score (nSPS) is 11.5.